The number of aromatic nitrogens is 3. The lowest BCUT2D eigenvalue weighted by molar-refractivity contribution is -0.192. The summed E-state index contributed by atoms with van der Waals surface area (Å²) in [5, 5.41) is 12.1. The molecule has 3 N–H and O–H groups in total. The molecule has 0 unspecified atom stereocenters. The summed E-state index contributed by atoms with van der Waals surface area (Å²) in [6.45, 7) is 3.55. The van der Waals surface area contributed by atoms with Gasteiger partial charge in [0.2, 0.25) is 5.91 Å². The van der Waals surface area contributed by atoms with Crippen molar-refractivity contribution >= 4 is 51.8 Å². The van der Waals surface area contributed by atoms with E-state index in [0.29, 0.717) is 45.8 Å². The number of aryl methyl sites for hydroxylation is 1. The number of ketones is 1. The van der Waals surface area contributed by atoms with Crippen LogP contribution in [0, 0.1) is 12.7 Å². The minimum absolute atomic E-state index is 0.0102. The number of anilines is 1. The Labute approximate surface area is 292 Å². The summed E-state index contributed by atoms with van der Waals surface area (Å²) in [6.07, 6.45) is 0.360. The lowest BCUT2D eigenvalue weighted by Crippen LogP contribution is -2.49. The lowest BCUT2D eigenvalue weighted by Gasteiger charge is -2.24. The molecule has 2 amide bonds. The van der Waals surface area contributed by atoms with Gasteiger partial charge in [-0.1, -0.05) is 48.0 Å². The van der Waals surface area contributed by atoms with Crippen LogP contribution in [0.3, 0.4) is 0 Å². The van der Waals surface area contributed by atoms with E-state index in [1.54, 1.807) is 66.5 Å². The first kappa shape index (κ1) is 36.6. The van der Waals surface area contributed by atoms with E-state index in [1.165, 1.54) is 18.0 Å². The Morgan fingerprint density at radius 3 is 2.31 bits per heavy atom. The molecule has 2 aromatic heterocycles. The van der Waals surface area contributed by atoms with Gasteiger partial charge in [-0.15, -0.1) is 0 Å². The third-order valence-electron chi connectivity index (χ3n) is 7.93. The number of carboxylic acids is 1. The van der Waals surface area contributed by atoms with Crippen LogP contribution in [0.25, 0.3) is 33.2 Å². The molecule has 0 saturated carbocycles. The Balaban J connectivity index is 0.000000654. The largest absolute Gasteiger partial charge is 0.490 e. The maximum Gasteiger partial charge on any atom is 0.490 e. The Kier molecular flexibility index (Phi) is 10.8. The summed E-state index contributed by atoms with van der Waals surface area (Å²) in [4.78, 5) is 56.8. The normalized spacial score (nSPS) is 14.2. The Hall–Kier alpha value is -5.67. The van der Waals surface area contributed by atoms with Gasteiger partial charge in [-0.2, -0.15) is 13.2 Å². The number of nitrogens with one attached hydrogen (secondary N) is 2. The molecule has 0 spiro atoms. The molecule has 0 bridgehead atoms. The number of carbonyl (C=O) groups is 4. The highest BCUT2D eigenvalue weighted by molar-refractivity contribution is 6.33. The van der Waals surface area contributed by atoms with E-state index in [2.05, 4.69) is 20.7 Å². The quantitative estimate of drug-likeness (QED) is 0.128. The number of hydrogen-bond acceptors (Lipinski definition) is 7. The van der Waals surface area contributed by atoms with Gasteiger partial charge in [0, 0.05) is 63.3 Å². The number of Topliss-reactive ketones (excluding diaryl/α,β-unsaturated/α-hetero) is 1. The third kappa shape index (κ3) is 8.22. The molecule has 51 heavy (non-hydrogen) atoms. The van der Waals surface area contributed by atoms with Gasteiger partial charge in [-0.05, 0) is 50.1 Å². The number of aliphatic carboxylic acids is 1. The van der Waals surface area contributed by atoms with Crippen LogP contribution in [-0.2, 0) is 20.9 Å². The predicted molar refractivity (Wildman–Crippen MR) is 180 cm³/mol. The average molecular weight is 725 g/mol. The summed E-state index contributed by atoms with van der Waals surface area (Å²) < 4.78 is 48.9. The second-order valence-corrected chi connectivity index (χ2v) is 11.8. The predicted octanol–water partition coefficient (Wildman–Crippen LogP) is 6.45. The van der Waals surface area contributed by atoms with Crippen LogP contribution in [0.5, 0.6) is 0 Å². The van der Waals surface area contributed by atoms with Gasteiger partial charge in [0.25, 0.3) is 5.91 Å². The molecule has 264 valence electrons. The van der Waals surface area contributed by atoms with E-state index in [4.69, 9.17) is 21.5 Å². The molecule has 0 radical (unpaired) electrons. The minimum atomic E-state index is -5.08. The highest BCUT2D eigenvalue weighted by Gasteiger charge is 2.38. The van der Waals surface area contributed by atoms with Crippen molar-refractivity contribution in [3.05, 3.63) is 101 Å². The first-order valence-corrected chi connectivity index (χ1v) is 15.7. The van der Waals surface area contributed by atoms with Crippen molar-refractivity contribution in [2.75, 3.05) is 11.9 Å². The number of rotatable bonds is 7. The maximum atomic E-state index is 15.5. The zero-order valence-electron chi connectivity index (χ0n) is 27.0. The molecule has 6 rings (SSSR count). The average Bonchev–Trinajstić information content (AvgIpc) is 3.72. The van der Waals surface area contributed by atoms with Crippen LogP contribution in [-0.4, -0.2) is 67.0 Å². The minimum Gasteiger partial charge on any atom is -0.475 e. The van der Waals surface area contributed by atoms with Gasteiger partial charge >= 0.3 is 12.1 Å². The first-order valence-electron chi connectivity index (χ1n) is 15.3. The van der Waals surface area contributed by atoms with E-state index in [1.807, 2.05) is 18.2 Å². The monoisotopic (exact) mass is 724 g/mol. The van der Waals surface area contributed by atoms with Crippen molar-refractivity contribution in [3.8, 4) is 22.3 Å². The van der Waals surface area contributed by atoms with E-state index in [-0.39, 0.29) is 29.5 Å². The molecule has 0 aliphatic carbocycles. The Morgan fingerprint density at radius 2 is 1.67 bits per heavy atom. The molecule has 3 heterocycles. The Bertz CT molecular complexity index is 2140. The van der Waals surface area contributed by atoms with E-state index >= 15 is 4.39 Å². The van der Waals surface area contributed by atoms with E-state index in [9.17, 15) is 27.6 Å². The summed E-state index contributed by atoms with van der Waals surface area (Å²) in [5.41, 5.74) is 6.54. The molecule has 1 aliphatic heterocycles. The second kappa shape index (κ2) is 15.1. The number of benzene rings is 3. The molecule has 1 saturated heterocycles. The number of hydrogen-bond donors (Lipinski definition) is 3. The molecular weight excluding hydrogens is 696 g/mol. The maximum absolute atomic E-state index is 15.5. The van der Waals surface area contributed by atoms with Gasteiger partial charge in [-0.25, -0.2) is 24.6 Å². The van der Waals surface area contributed by atoms with E-state index in [0.717, 1.165) is 11.1 Å². The number of halogens is 5. The fourth-order valence-electron chi connectivity index (χ4n) is 5.46. The smallest absolute Gasteiger partial charge is 0.475 e. The van der Waals surface area contributed by atoms with Gasteiger partial charge in [0.15, 0.2) is 11.6 Å². The van der Waals surface area contributed by atoms with Crippen LogP contribution in [0.2, 0.25) is 5.02 Å². The number of hydrazine groups is 1. The number of fused-ring (bicyclic) bond motifs is 1. The number of nitrogens with zero attached hydrogens (tertiary/aromatic N) is 4. The van der Waals surface area contributed by atoms with Gasteiger partial charge in [0.1, 0.15) is 18.4 Å². The number of carboxylic acid groups (broad SMARTS) is 1. The second-order valence-electron chi connectivity index (χ2n) is 11.4. The zero-order chi connectivity index (χ0) is 37.0. The number of alkyl halides is 3. The van der Waals surface area contributed by atoms with Crippen molar-refractivity contribution in [1.82, 2.24) is 25.0 Å². The molecule has 11 nitrogen and oxygen atoms in total. The lowest BCUT2D eigenvalue weighted by atomic mass is 10.0. The Morgan fingerprint density at radius 1 is 1.00 bits per heavy atom. The third-order valence-corrected chi connectivity index (χ3v) is 8.26. The van der Waals surface area contributed by atoms with Gasteiger partial charge in [0.05, 0.1) is 5.69 Å². The molecule has 1 atom stereocenters. The zero-order valence-corrected chi connectivity index (χ0v) is 27.7. The van der Waals surface area contributed by atoms with Crippen molar-refractivity contribution in [2.45, 2.75) is 39.0 Å². The van der Waals surface area contributed by atoms with Crippen molar-refractivity contribution < 1.29 is 41.8 Å². The summed E-state index contributed by atoms with van der Waals surface area (Å²) in [7, 11) is 0. The first-order chi connectivity index (χ1) is 24.1. The van der Waals surface area contributed by atoms with Crippen LogP contribution in [0.15, 0.2) is 79.3 Å². The van der Waals surface area contributed by atoms with Crippen molar-refractivity contribution in [3.63, 3.8) is 0 Å². The standard InChI is InChI=1S/C33H28ClFN6O3.C2HF3O2/c1-19(42)26-17-40(29-11-10-21(14-25(26)29)22-15-36-20(2)37-16-22)18-31(43)41-30(12-13-38-41)33(44)39-28-9-5-7-24(32(28)35)23-6-3-4-8-27(23)34;3-2(4,5)1(6)7/h3-11,14-17,30,38H,12-13,18H2,1-2H3,(H,39,44);(H,6,7)/t30-;/m1./s1. The van der Waals surface area contributed by atoms with Crippen LogP contribution >= 0.6 is 11.6 Å². The summed E-state index contributed by atoms with van der Waals surface area (Å²) in [5.74, 6) is -3.77. The van der Waals surface area contributed by atoms with Crippen LogP contribution in [0.1, 0.15) is 29.5 Å². The topological polar surface area (TPSA) is 147 Å². The number of carbonyl (C=O) groups excluding carboxylic acids is 3. The molecule has 1 aliphatic rings. The molecular formula is C35H29ClF4N6O5. The molecule has 3 aromatic carbocycles. The van der Waals surface area contributed by atoms with Gasteiger partial charge in [-0.3, -0.25) is 19.4 Å². The molecule has 16 heteroatoms. The number of amides is 2. The van der Waals surface area contributed by atoms with Gasteiger partial charge < -0.3 is 15.0 Å². The SMILES string of the molecule is CC(=O)c1cn(CC(=O)N2NCC[C@@H]2C(=O)Nc2cccc(-c3ccccc3Cl)c2F)c2ccc(-c3cnc(C)nc3)cc12.O=C(O)C(F)(F)F. The summed E-state index contributed by atoms with van der Waals surface area (Å²) >= 11 is 6.28. The summed E-state index contributed by atoms with van der Waals surface area (Å²) in [6, 6.07) is 16.3. The molecule has 5 aromatic rings. The van der Waals surface area contributed by atoms with Crippen molar-refractivity contribution in [1.29, 1.82) is 0 Å². The highest BCUT2D eigenvalue weighted by Crippen LogP contribution is 2.33. The highest BCUT2D eigenvalue weighted by atomic mass is 35.5. The molecule has 1 fully saturated rings. The van der Waals surface area contributed by atoms with Crippen LogP contribution < -0.4 is 10.7 Å². The van der Waals surface area contributed by atoms with Crippen molar-refractivity contribution in [2.24, 2.45) is 0 Å². The van der Waals surface area contributed by atoms with Crippen LogP contribution in [0.4, 0.5) is 23.2 Å². The fraction of sp³-hybridized carbons (Fsp3) is 0.200. The fourth-order valence-corrected chi connectivity index (χ4v) is 5.69. The van der Waals surface area contributed by atoms with E-state index < -0.39 is 29.9 Å².